The maximum Gasteiger partial charge on any atom is 0.225 e. The lowest BCUT2D eigenvalue weighted by molar-refractivity contribution is -0.139. The molecule has 0 spiro atoms. The maximum absolute atomic E-state index is 12.8. The van der Waals surface area contributed by atoms with Gasteiger partial charge in [-0.1, -0.05) is 0 Å². The van der Waals surface area contributed by atoms with Gasteiger partial charge in [-0.3, -0.25) is 9.59 Å². The number of carbonyl (C=O) groups excluding carboxylic acids is 2. The van der Waals surface area contributed by atoms with Crippen LogP contribution in [-0.4, -0.2) is 65.4 Å². The second-order valence-corrected chi connectivity index (χ2v) is 9.16. The van der Waals surface area contributed by atoms with Crippen molar-refractivity contribution in [3.8, 4) is 0 Å². The van der Waals surface area contributed by atoms with E-state index < -0.39 is 5.60 Å². The molecule has 3 fully saturated rings. The average Bonchev–Trinajstić information content (AvgIpc) is 2.64. The number of nitrogens with zero attached hydrogens (tertiary/aromatic N) is 2. The fourth-order valence-electron chi connectivity index (χ4n) is 5.14. The summed E-state index contributed by atoms with van der Waals surface area (Å²) >= 11 is 0. The summed E-state index contributed by atoms with van der Waals surface area (Å²) in [5.41, 5.74) is -0.492. The molecule has 1 saturated carbocycles. The van der Waals surface area contributed by atoms with Gasteiger partial charge in [-0.2, -0.15) is 0 Å². The summed E-state index contributed by atoms with van der Waals surface area (Å²) in [7, 11) is 2.12. The van der Waals surface area contributed by atoms with Gasteiger partial charge in [-0.05, 0) is 77.7 Å². The van der Waals surface area contributed by atoms with Gasteiger partial charge in [0.25, 0.3) is 0 Å². The fraction of sp³-hybridized carbons (Fsp3) is 0.905. The van der Waals surface area contributed by atoms with Gasteiger partial charge in [0, 0.05) is 38.0 Å². The lowest BCUT2D eigenvalue weighted by Crippen LogP contribution is -2.47. The van der Waals surface area contributed by atoms with E-state index in [1.54, 1.807) is 6.92 Å². The molecule has 0 radical (unpaired) electrons. The second kappa shape index (κ2) is 8.39. The van der Waals surface area contributed by atoms with Gasteiger partial charge >= 0.3 is 0 Å². The number of carbonyl (C=O) groups is 2. The minimum atomic E-state index is -0.492. The molecular weight excluding hydrogens is 328 g/mol. The molecule has 2 saturated heterocycles. The van der Waals surface area contributed by atoms with E-state index in [4.69, 9.17) is 0 Å². The summed E-state index contributed by atoms with van der Waals surface area (Å²) in [6.07, 6.45) is 8.19. The lowest BCUT2D eigenvalue weighted by atomic mass is 9.78. The van der Waals surface area contributed by atoms with Gasteiger partial charge in [0.15, 0.2) is 0 Å². The molecule has 0 aromatic carbocycles. The van der Waals surface area contributed by atoms with Crippen LogP contribution >= 0.6 is 0 Å². The number of ketones is 1. The van der Waals surface area contributed by atoms with Crippen LogP contribution in [0.1, 0.15) is 64.7 Å². The normalized spacial score (nSPS) is 31.0. The zero-order valence-corrected chi connectivity index (χ0v) is 16.6. The lowest BCUT2D eigenvalue weighted by Gasteiger charge is -2.41. The summed E-state index contributed by atoms with van der Waals surface area (Å²) < 4.78 is 0. The van der Waals surface area contributed by atoms with Crippen molar-refractivity contribution in [3.63, 3.8) is 0 Å². The van der Waals surface area contributed by atoms with Crippen molar-refractivity contribution in [2.75, 3.05) is 33.2 Å². The Hall–Kier alpha value is -0.940. The third-order valence-corrected chi connectivity index (χ3v) is 7.16. The molecule has 1 aliphatic carbocycles. The summed E-state index contributed by atoms with van der Waals surface area (Å²) in [6, 6.07) is 0. The van der Waals surface area contributed by atoms with Gasteiger partial charge in [0.1, 0.15) is 5.78 Å². The number of piperidine rings is 2. The molecule has 0 aromatic heterocycles. The van der Waals surface area contributed by atoms with Crippen molar-refractivity contribution in [1.29, 1.82) is 0 Å². The van der Waals surface area contributed by atoms with E-state index in [0.29, 0.717) is 11.8 Å². The van der Waals surface area contributed by atoms with Crippen molar-refractivity contribution >= 4 is 11.7 Å². The molecule has 3 rings (SSSR count). The predicted molar refractivity (Wildman–Crippen MR) is 102 cm³/mol. The molecule has 0 bridgehead atoms. The first-order chi connectivity index (χ1) is 12.4. The van der Waals surface area contributed by atoms with E-state index in [0.717, 1.165) is 84.0 Å². The van der Waals surface area contributed by atoms with E-state index in [1.807, 2.05) is 4.90 Å². The number of likely N-dealkylation sites (tertiary alicyclic amines) is 2. The number of aliphatic hydroxyl groups is 1. The van der Waals surface area contributed by atoms with Crippen LogP contribution in [0.5, 0.6) is 0 Å². The Bertz CT molecular complexity index is 497. The largest absolute Gasteiger partial charge is 0.390 e. The van der Waals surface area contributed by atoms with Gasteiger partial charge in [-0.15, -0.1) is 0 Å². The SMILES string of the molecule is CC(=O)C1CCC(C(=O)N2CCC(CC3(O)CCN(C)CC3)CC2)CC1. The van der Waals surface area contributed by atoms with Gasteiger partial charge in [0.2, 0.25) is 5.91 Å². The van der Waals surface area contributed by atoms with Crippen LogP contribution in [0.3, 0.4) is 0 Å². The molecule has 3 aliphatic rings. The molecule has 0 aromatic rings. The summed E-state index contributed by atoms with van der Waals surface area (Å²) in [6.45, 7) is 5.32. The van der Waals surface area contributed by atoms with Crippen LogP contribution in [-0.2, 0) is 9.59 Å². The number of hydrogen-bond acceptors (Lipinski definition) is 4. The molecule has 0 atom stereocenters. The van der Waals surface area contributed by atoms with Crippen LogP contribution in [0.15, 0.2) is 0 Å². The first-order valence-electron chi connectivity index (χ1n) is 10.6. The topological polar surface area (TPSA) is 60.9 Å². The highest BCUT2D eigenvalue weighted by molar-refractivity contribution is 5.81. The van der Waals surface area contributed by atoms with Crippen LogP contribution < -0.4 is 0 Å². The Morgan fingerprint density at radius 3 is 2.00 bits per heavy atom. The van der Waals surface area contributed by atoms with E-state index >= 15 is 0 Å². The van der Waals surface area contributed by atoms with Gasteiger partial charge in [0.05, 0.1) is 5.60 Å². The Morgan fingerprint density at radius 1 is 0.923 bits per heavy atom. The van der Waals surface area contributed by atoms with Gasteiger partial charge in [-0.25, -0.2) is 0 Å². The molecule has 1 N–H and O–H groups in total. The minimum absolute atomic E-state index is 0.125. The molecule has 26 heavy (non-hydrogen) atoms. The van der Waals surface area contributed by atoms with E-state index in [9.17, 15) is 14.7 Å². The molecule has 1 amide bonds. The second-order valence-electron chi connectivity index (χ2n) is 9.16. The van der Waals surface area contributed by atoms with Crippen LogP contribution in [0.4, 0.5) is 0 Å². The maximum atomic E-state index is 12.8. The van der Waals surface area contributed by atoms with Crippen molar-refractivity contribution in [1.82, 2.24) is 9.80 Å². The molecule has 5 heteroatoms. The third-order valence-electron chi connectivity index (χ3n) is 7.16. The predicted octanol–water partition coefficient (Wildman–Crippen LogP) is 2.47. The quantitative estimate of drug-likeness (QED) is 0.832. The monoisotopic (exact) mass is 364 g/mol. The molecule has 148 valence electrons. The summed E-state index contributed by atoms with van der Waals surface area (Å²) in [5, 5.41) is 10.9. The Labute approximate surface area is 158 Å². The summed E-state index contributed by atoms with van der Waals surface area (Å²) in [4.78, 5) is 28.7. The zero-order valence-electron chi connectivity index (χ0n) is 16.6. The van der Waals surface area contributed by atoms with Crippen molar-refractivity contribution in [2.45, 2.75) is 70.3 Å². The highest BCUT2D eigenvalue weighted by atomic mass is 16.3. The van der Waals surface area contributed by atoms with E-state index in [1.165, 1.54) is 0 Å². The standard InChI is InChI=1S/C21H36N2O3/c1-16(24)18-3-5-19(6-4-18)20(25)23-11-7-17(8-12-23)15-21(26)9-13-22(2)14-10-21/h17-19,26H,3-15H2,1-2H3. The Morgan fingerprint density at radius 2 is 1.46 bits per heavy atom. The van der Waals surface area contributed by atoms with Crippen LogP contribution in [0.2, 0.25) is 0 Å². The minimum Gasteiger partial charge on any atom is -0.390 e. The Kier molecular flexibility index (Phi) is 6.39. The number of hydrogen-bond donors (Lipinski definition) is 1. The zero-order chi connectivity index (χ0) is 18.7. The fourth-order valence-corrected chi connectivity index (χ4v) is 5.14. The van der Waals surface area contributed by atoms with Crippen LogP contribution in [0.25, 0.3) is 0 Å². The molecule has 2 heterocycles. The highest BCUT2D eigenvalue weighted by Crippen LogP contribution is 2.35. The van der Waals surface area contributed by atoms with Crippen molar-refractivity contribution in [3.05, 3.63) is 0 Å². The smallest absolute Gasteiger partial charge is 0.225 e. The molecule has 2 aliphatic heterocycles. The van der Waals surface area contributed by atoms with Crippen molar-refractivity contribution < 1.29 is 14.7 Å². The van der Waals surface area contributed by atoms with Crippen LogP contribution in [0, 0.1) is 17.8 Å². The first kappa shape index (κ1) is 19.8. The number of rotatable bonds is 4. The number of Topliss-reactive ketones (excluding diaryl/α,β-unsaturated/α-hetero) is 1. The third kappa shape index (κ3) is 4.86. The van der Waals surface area contributed by atoms with Gasteiger partial charge < -0.3 is 14.9 Å². The molecule has 0 unspecified atom stereocenters. The number of amides is 1. The summed E-state index contributed by atoms with van der Waals surface area (Å²) in [5.74, 6) is 1.44. The average molecular weight is 365 g/mol. The van der Waals surface area contributed by atoms with E-state index in [-0.39, 0.29) is 17.6 Å². The van der Waals surface area contributed by atoms with E-state index in [2.05, 4.69) is 11.9 Å². The Balaban J connectivity index is 1.42. The van der Waals surface area contributed by atoms with Crippen molar-refractivity contribution in [2.24, 2.45) is 17.8 Å². The molecule has 5 nitrogen and oxygen atoms in total. The molecular formula is C21H36N2O3. The highest BCUT2D eigenvalue weighted by Gasteiger charge is 2.36. The first-order valence-corrected chi connectivity index (χ1v) is 10.6.